The van der Waals surface area contributed by atoms with Crippen LogP contribution in [0, 0.1) is 0 Å². The van der Waals surface area contributed by atoms with Gasteiger partial charge in [0.15, 0.2) is 0 Å². The van der Waals surface area contributed by atoms with Gasteiger partial charge in [0.2, 0.25) is 5.91 Å². The summed E-state index contributed by atoms with van der Waals surface area (Å²) in [6.07, 6.45) is 3.36. The third-order valence-electron chi connectivity index (χ3n) is 4.48. The van der Waals surface area contributed by atoms with Gasteiger partial charge in [-0.25, -0.2) is 0 Å². The number of nitrogens with one attached hydrogen (secondary N) is 2. The highest BCUT2D eigenvalue weighted by atomic mass is 35.5. The van der Waals surface area contributed by atoms with E-state index in [4.69, 9.17) is 4.74 Å². The summed E-state index contributed by atoms with van der Waals surface area (Å²) in [4.78, 5) is 14.5. The zero-order valence-corrected chi connectivity index (χ0v) is 16.2. The molecule has 1 unspecified atom stereocenters. The van der Waals surface area contributed by atoms with Crippen molar-refractivity contribution in [3.8, 4) is 0 Å². The summed E-state index contributed by atoms with van der Waals surface area (Å²) in [5, 5.41) is 6.36. The molecule has 1 fully saturated rings. The van der Waals surface area contributed by atoms with Crippen molar-refractivity contribution in [1.29, 1.82) is 0 Å². The van der Waals surface area contributed by atoms with Crippen molar-refractivity contribution in [2.75, 3.05) is 33.3 Å². The predicted molar refractivity (Wildman–Crippen MR) is 104 cm³/mol. The van der Waals surface area contributed by atoms with E-state index in [1.54, 1.807) is 0 Å². The molecule has 5 nitrogen and oxygen atoms in total. The molecule has 0 aromatic heterocycles. The number of amides is 1. The van der Waals surface area contributed by atoms with E-state index in [2.05, 4.69) is 34.6 Å². The van der Waals surface area contributed by atoms with Crippen molar-refractivity contribution in [1.82, 2.24) is 15.5 Å². The number of likely N-dealkylation sites (N-methyl/N-ethyl adjacent to an activating group) is 1. The van der Waals surface area contributed by atoms with Crippen LogP contribution in [0.5, 0.6) is 0 Å². The molecule has 0 bridgehead atoms. The molecular formula is C19H32ClN3O2. The smallest absolute Gasteiger partial charge is 0.234 e. The highest BCUT2D eigenvalue weighted by molar-refractivity contribution is 5.85. The van der Waals surface area contributed by atoms with Crippen LogP contribution >= 0.6 is 12.4 Å². The maximum Gasteiger partial charge on any atom is 0.234 e. The molecule has 1 aromatic rings. The number of rotatable bonds is 9. The number of nitrogens with zero attached hydrogens (tertiary/aromatic N) is 1. The molecule has 1 atom stereocenters. The Kier molecular flexibility index (Phi) is 10.7. The monoisotopic (exact) mass is 369 g/mol. The number of hydrogen-bond donors (Lipinski definition) is 2. The molecule has 1 amide bonds. The molecule has 2 N–H and O–H groups in total. The number of piperidine rings is 1. The van der Waals surface area contributed by atoms with Gasteiger partial charge in [-0.1, -0.05) is 31.2 Å². The first kappa shape index (κ1) is 21.9. The van der Waals surface area contributed by atoms with Crippen LogP contribution < -0.4 is 10.6 Å². The molecule has 142 valence electrons. The van der Waals surface area contributed by atoms with Crippen molar-refractivity contribution in [3.05, 3.63) is 35.4 Å². The van der Waals surface area contributed by atoms with E-state index in [0.29, 0.717) is 25.7 Å². The second-order valence-electron chi connectivity index (χ2n) is 6.46. The van der Waals surface area contributed by atoms with E-state index in [9.17, 15) is 4.79 Å². The Morgan fingerprint density at radius 2 is 2.08 bits per heavy atom. The maximum absolute atomic E-state index is 12.2. The lowest BCUT2D eigenvalue weighted by molar-refractivity contribution is -0.122. The first-order valence-corrected chi connectivity index (χ1v) is 9.03. The molecule has 1 aliphatic heterocycles. The Morgan fingerprint density at radius 3 is 2.80 bits per heavy atom. The molecule has 1 heterocycles. The molecule has 0 saturated carbocycles. The minimum absolute atomic E-state index is 0. The number of carbonyl (C=O) groups excluding carboxylic acids is 1. The van der Waals surface area contributed by atoms with Gasteiger partial charge in [0, 0.05) is 25.7 Å². The maximum atomic E-state index is 12.2. The van der Waals surface area contributed by atoms with Crippen molar-refractivity contribution in [3.63, 3.8) is 0 Å². The molecule has 6 heteroatoms. The number of hydrogen-bond acceptors (Lipinski definition) is 4. The van der Waals surface area contributed by atoms with Gasteiger partial charge in [0.1, 0.15) is 0 Å². The van der Waals surface area contributed by atoms with Gasteiger partial charge in [0.25, 0.3) is 0 Å². The Labute approximate surface area is 157 Å². The topological polar surface area (TPSA) is 53.6 Å². The quantitative estimate of drug-likeness (QED) is 0.656. The number of halogens is 1. The molecule has 2 rings (SSSR count). The van der Waals surface area contributed by atoms with Crippen LogP contribution in [0.4, 0.5) is 0 Å². The fraction of sp³-hybridized carbons (Fsp3) is 0.632. The van der Waals surface area contributed by atoms with Crippen LogP contribution in [0.3, 0.4) is 0 Å². The molecule has 25 heavy (non-hydrogen) atoms. The Balaban J connectivity index is 0.00000312. The summed E-state index contributed by atoms with van der Waals surface area (Å²) in [7, 11) is 1.99. The van der Waals surface area contributed by atoms with E-state index in [1.807, 2.05) is 19.2 Å². The number of ether oxygens (including phenoxy) is 1. The van der Waals surface area contributed by atoms with Gasteiger partial charge in [-0.05, 0) is 44.0 Å². The van der Waals surface area contributed by atoms with E-state index in [0.717, 1.165) is 43.7 Å². The predicted octanol–water partition coefficient (Wildman–Crippen LogP) is 2.34. The summed E-state index contributed by atoms with van der Waals surface area (Å²) in [5.41, 5.74) is 2.29. The second-order valence-corrected chi connectivity index (χ2v) is 6.46. The van der Waals surface area contributed by atoms with Gasteiger partial charge >= 0.3 is 0 Å². The summed E-state index contributed by atoms with van der Waals surface area (Å²) in [6, 6.07) is 8.65. The average Bonchev–Trinajstić information content (AvgIpc) is 2.61. The minimum atomic E-state index is 0. The first-order chi connectivity index (χ1) is 11.7. The van der Waals surface area contributed by atoms with Crippen LogP contribution in [0.15, 0.2) is 24.3 Å². The molecular weight excluding hydrogens is 338 g/mol. The van der Waals surface area contributed by atoms with Crippen molar-refractivity contribution >= 4 is 18.3 Å². The Morgan fingerprint density at radius 1 is 1.32 bits per heavy atom. The third-order valence-corrected chi connectivity index (χ3v) is 4.48. The van der Waals surface area contributed by atoms with Gasteiger partial charge in [0.05, 0.1) is 13.2 Å². The lowest BCUT2D eigenvalue weighted by Gasteiger charge is -2.31. The number of likely N-dealkylation sites (tertiary alicyclic amines) is 1. The SMILES string of the molecule is CCCOCc1ccccc1CNC(=O)CN1CCCC(NC)C1.Cl. The lowest BCUT2D eigenvalue weighted by atomic mass is 10.1. The van der Waals surface area contributed by atoms with Gasteiger partial charge < -0.3 is 15.4 Å². The largest absolute Gasteiger partial charge is 0.377 e. The fourth-order valence-electron chi connectivity index (χ4n) is 3.08. The van der Waals surface area contributed by atoms with E-state index < -0.39 is 0 Å². The van der Waals surface area contributed by atoms with Crippen LogP contribution in [-0.4, -0.2) is 50.1 Å². The molecule has 0 aliphatic carbocycles. The van der Waals surface area contributed by atoms with Gasteiger partial charge in [-0.15, -0.1) is 12.4 Å². The second kappa shape index (κ2) is 12.3. The molecule has 1 saturated heterocycles. The highest BCUT2D eigenvalue weighted by Gasteiger charge is 2.20. The van der Waals surface area contributed by atoms with Crippen LogP contribution in [0.2, 0.25) is 0 Å². The van der Waals surface area contributed by atoms with Gasteiger partial charge in [-0.2, -0.15) is 0 Å². The van der Waals surface area contributed by atoms with E-state index in [1.165, 1.54) is 6.42 Å². The van der Waals surface area contributed by atoms with Crippen LogP contribution in [0.25, 0.3) is 0 Å². The number of benzene rings is 1. The van der Waals surface area contributed by atoms with Crippen molar-refractivity contribution in [2.45, 2.75) is 45.4 Å². The van der Waals surface area contributed by atoms with E-state index in [-0.39, 0.29) is 18.3 Å². The zero-order chi connectivity index (χ0) is 17.2. The summed E-state index contributed by atoms with van der Waals surface area (Å²) >= 11 is 0. The summed E-state index contributed by atoms with van der Waals surface area (Å²) < 4.78 is 5.63. The summed E-state index contributed by atoms with van der Waals surface area (Å²) in [5.74, 6) is 0.0935. The molecule has 1 aliphatic rings. The van der Waals surface area contributed by atoms with E-state index >= 15 is 0 Å². The van der Waals surface area contributed by atoms with Crippen molar-refractivity contribution < 1.29 is 9.53 Å². The first-order valence-electron chi connectivity index (χ1n) is 9.03. The van der Waals surface area contributed by atoms with Crippen LogP contribution in [0.1, 0.15) is 37.3 Å². The van der Waals surface area contributed by atoms with Gasteiger partial charge in [-0.3, -0.25) is 9.69 Å². The molecule has 0 radical (unpaired) electrons. The lowest BCUT2D eigenvalue weighted by Crippen LogP contribution is -2.47. The Bertz CT molecular complexity index is 513. The minimum Gasteiger partial charge on any atom is -0.377 e. The highest BCUT2D eigenvalue weighted by Crippen LogP contribution is 2.11. The fourth-order valence-corrected chi connectivity index (χ4v) is 3.08. The normalized spacial score (nSPS) is 17.8. The standard InChI is InChI=1S/C19H31N3O2.ClH/c1-3-11-24-15-17-8-5-4-7-16(17)12-21-19(23)14-22-10-6-9-18(13-22)20-2;/h4-5,7-8,18,20H,3,6,9-15H2,1-2H3,(H,21,23);1H. The summed E-state index contributed by atoms with van der Waals surface area (Å²) in [6.45, 7) is 6.47. The third kappa shape index (κ3) is 7.74. The molecule has 1 aromatic carbocycles. The van der Waals surface area contributed by atoms with Crippen molar-refractivity contribution in [2.24, 2.45) is 0 Å². The number of carbonyl (C=O) groups is 1. The zero-order valence-electron chi connectivity index (χ0n) is 15.4. The van der Waals surface area contributed by atoms with Crippen LogP contribution in [-0.2, 0) is 22.7 Å². The molecule has 0 spiro atoms. The Hall–Kier alpha value is -1.14. The average molecular weight is 370 g/mol.